The summed E-state index contributed by atoms with van der Waals surface area (Å²) >= 11 is 0. The highest BCUT2D eigenvalue weighted by molar-refractivity contribution is 5.89. The van der Waals surface area contributed by atoms with Gasteiger partial charge in [-0.1, -0.05) is 36.4 Å². The Hall–Kier alpha value is -3.28. The van der Waals surface area contributed by atoms with E-state index in [0.29, 0.717) is 19.6 Å². The molecule has 0 saturated heterocycles. The van der Waals surface area contributed by atoms with Crippen molar-refractivity contribution in [3.63, 3.8) is 0 Å². The average Bonchev–Trinajstić information content (AvgIpc) is 3.14. The zero-order valence-electron chi connectivity index (χ0n) is 16.4. The third-order valence-electron chi connectivity index (χ3n) is 5.31. The molecule has 0 spiro atoms. The lowest BCUT2D eigenvalue weighted by Gasteiger charge is -2.26. The van der Waals surface area contributed by atoms with Crippen LogP contribution in [0.1, 0.15) is 18.1 Å². The summed E-state index contributed by atoms with van der Waals surface area (Å²) in [6.45, 7) is 2.52. The van der Waals surface area contributed by atoms with Crippen LogP contribution in [0.5, 0.6) is 5.75 Å². The number of hydrogen-bond acceptors (Lipinski definition) is 3. The molecule has 1 aliphatic heterocycles. The molecule has 3 aromatic rings. The maximum atomic E-state index is 12.9. The minimum absolute atomic E-state index is 0.177. The Morgan fingerprint density at radius 3 is 2.83 bits per heavy atom. The molecule has 4 rings (SSSR count). The summed E-state index contributed by atoms with van der Waals surface area (Å²) in [5, 5.41) is 6.86. The molecule has 3 N–H and O–H groups in total. The number of aromatic amines is 1. The van der Waals surface area contributed by atoms with Crippen molar-refractivity contribution in [2.24, 2.45) is 5.92 Å². The molecule has 29 heavy (non-hydrogen) atoms. The molecule has 1 aromatic heterocycles. The molecule has 0 radical (unpaired) electrons. The van der Waals surface area contributed by atoms with Crippen LogP contribution in [0, 0.1) is 5.92 Å². The number of fused-ring (bicyclic) bond motifs is 2. The Kier molecular flexibility index (Phi) is 5.51. The largest absolute Gasteiger partial charge is 0.493 e. The lowest BCUT2D eigenvalue weighted by atomic mass is 9.96. The first-order valence-electron chi connectivity index (χ1n) is 9.90. The molecular formula is C23H25N3O3. The monoisotopic (exact) mass is 391 g/mol. The number of carbonyl (C=O) groups is 2. The van der Waals surface area contributed by atoms with E-state index in [0.717, 1.165) is 34.2 Å². The molecule has 150 valence electrons. The summed E-state index contributed by atoms with van der Waals surface area (Å²) in [4.78, 5) is 27.7. The van der Waals surface area contributed by atoms with E-state index in [9.17, 15) is 9.59 Å². The smallest absolute Gasteiger partial charge is 0.242 e. The van der Waals surface area contributed by atoms with Crippen LogP contribution in [-0.2, 0) is 22.4 Å². The first kappa shape index (κ1) is 19.1. The van der Waals surface area contributed by atoms with Crippen molar-refractivity contribution in [2.75, 3.05) is 13.2 Å². The lowest BCUT2D eigenvalue weighted by molar-refractivity contribution is -0.128. The second-order valence-electron chi connectivity index (χ2n) is 7.55. The lowest BCUT2D eigenvalue weighted by Crippen LogP contribution is -2.49. The van der Waals surface area contributed by atoms with Gasteiger partial charge in [-0.15, -0.1) is 0 Å². The van der Waals surface area contributed by atoms with Crippen molar-refractivity contribution in [1.29, 1.82) is 0 Å². The number of aromatic nitrogens is 1. The summed E-state index contributed by atoms with van der Waals surface area (Å²) in [6, 6.07) is 15.3. The van der Waals surface area contributed by atoms with Crippen molar-refractivity contribution >= 4 is 22.7 Å². The van der Waals surface area contributed by atoms with Crippen molar-refractivity contribution < 1.29 is 14.3 Å². The molecule has 0 saturated carbocycles. The van der Waals surface area contributed by atoms with E-state index >= 15 is 0 Å². The number of benzene rings is 2. The second-order valence-corrected chi connectivity index (χ2v) is 7.55. The fourth-order valence-corrected chi connectivity index (χ4v) is 3.87. The highest BCUT2D eigenvalue weighted by atomic mass is 16.5. The number of H-pyrrole nitrogens is 1. The highest BCUT2D eigenvalue weighted by Gasteiger charge is 2.24. The van der Waals surface area contributed by atoms with Crippen molar-refractivity contribution in [3.05, 3.63) is 65.9 Å². The Balaban J connectivity index is 1.40. The number of carbonyl (C=O) groups excluding carboxylic acids is 2. The molecule has 2 heterocycles. The van der Waals surface area contributed by atoms with Gasteiger partial charge in [0.1, 0.15) is 11.8 Å². The average molecular weight is 391 g/mol. The number of hydrogen-bond donors (Lipinski definition) is 3. The van der Waals surface area contributed by atoms with E-state index in [1.165, 1.54) is 6.92 Å². The number of ether oxygens (including phenoxy) is 1. The fourth-order valence-electron chi connectivity index (χ4n) is 3.87. The van der Waals surface area contributed by atoms with Crippen LogP contribution in [0.3, 0.4) is 0 Å². The summed E-state index contributed by atoms with van der Waals surface area (Å²) in [7, 11) is 0. The predicted molar refractivity (Wildman–Crippen MR) is 112 cm³/mol. The minimum Gasteiger partial charge on any atom is -0.493 e. The second kappa shape index (κ2) is 8.39. The normalized spacial score (nSPS) is 16.5. The van der Waals surface area contributed by atoms with Crippen LogP contribution in [0.15, 0.2) is 54.7 Å². The van der Waals surface area contributed by atoms with Crippen molar-refractivity contribution in [2.45, 2.75) is 25.8 Å². The van der Waals surface area contributed by atoms with Gasteiger partial charge in [0.25, 0.3) is 0 Å². The van der Waals surface area contributed by atoms with Crippen LogP contribution in [0.2, 0.25) is 0 Å². The molecule has 0 fully saturated rings. The fraction of sp³-hybridized carbons (Fsp3) is 0.304. The predicted octanol–water partition coefficient (Wildman–Crippen LogP) is 2.58. The number of para-hydroxylation sites is 2. The van der Waals surface area contributed by atoms with E-state index in [1.807, 2.05) is 48.7 Å². The van der Waals surface area contributed by atoms with E-state index < -0.39 is 6.04 Å². The zero-order chi connectivity index (χ0) is 20.2. The Labute approximate surface area is 169 Å². The summed E-state index contributed by atoms with van der Waals surface area (Å²) in [5.74, 6) is 0.731. The van der Waals surface area contributed by atoms with Crippen molar-refractivity contribution in [1.82, 2.24) is 15.6 Å². The van der Waals surface area contributed by atoms with Gasteiger partial charge in [-0.3, -0.25) is 9.59 Å². The van der Waals surface area contributed by atoms with Gasteiger partial charge in [0, 0.05) is 42.9 Å². The first-order chi connectivity index (χ1) is 14.1. The van der Waals surface area contributed by atoms with Gasteiger partial charge in [-0.05, 0) is 29.7 Å². The van der Waals surface area contributed by atoms with Gasteiger partial charge in [0.05, 0.1) is 6.61 Å². The standard InChI is InChI=1S/C23H25N3O3/c1-15(27)26-21(11-18-13-24-20-8-4-3-7-19(18)20)23(28)25-12-16-10-17-6-2-5-9-22(17)29-14-16/h2-9,13,16,21,24H,10-12,14H2,1H3,(H,25,28)(H,26,27). The highest BCUT2D eigenvalue weighted by Crippen LogP contribution is 2.26. The number of amides is 2. The van der Waals surface area contributed by atoms with Gasteiger partial charge in [-0.2, -0.15) is 0 Å². The Morgan fingerprint density at radius 1 is 1.17 bits per heavy atom. The summed E-state index contributed by atoms with van der Waals surface area (Å²) in [6.07, 6.45) is 3.20. The topological polar surface area (TPSA) is 83.2 Å². The summed E-state index contributed by atoms with van der Waals surface area (Å²) in [5.41, 5.74) is 3.18. The van der Waals surface area contributed by atoms with Gasteiger partial charge >= 0.3 is 0 Å². The quantitative estimate of drug-likeness (QED) is 0.604. The summed E-state index contributed by atoms with van der Waals surface area (Å²) < 4.78 is 5.80. The molecule has 6 heteroatoms. The Morgan fingerprint density at radius 2 is 1.97 bits per heavy atom. The zero-order valence-corrected chi connectivity index (χ0v) is 16.4. The number of nitrogens with one attached hydrogen (secondary N) is 3. The van der Waals surface area contributed by atoms with Gasteiger partial charge in [0.15, 0.2) is 0 Å². The van der Waals surface area contributed by atoms with E-state index in [4.69, 9.17) is 4.74 Å². The first-order valence-corrected chi connectivity index (χ1v) is 9.90. The minimum atomic E-state index is -0.622. The SMILES string of the molecule is CC(=O)NC(Cc1c[nH]c2ccccc12)C(=O)NCC1COc2ccccc2C1. The third kappa shape index (κ3) is 4.42. The van der Waals surface area contributed by atoms with E-state index in [2.05, 4.69) is 21.7 Å². The molecule has 2 aromatic carbocycles. The Bertz CT molecular complexity index is 1030. The molecule has 2 amide bonds. The van der Waals surface area contributed by atoms with Crippen LogP contribution < -0.4 is 15.4 Å². The molecule has 6 nitrogen and oxygen atoms in total. The van der Waals surface area contributed by atoms with Crippen LogP contribution in [-0.4, -0.2) is 36.0 Å². The molecule has 2 unspecified atom stereocenters. The molecule has 1 aliphatic rings. The van der Waals surface area contributed by atoms with Gasteiger partial charge in [0.2, 0.25) is 11.8 Å². The maximum absolute atomic E-state index is 12.9. The van der Waals surface area contributed by atoms with Crippen molar-refractivity contribution in [3.8, 4) is 5.75 Å². The van der Waals surface area contributed by atoms with Crippen LogP contribution in [0.4, 0.5) is 0 Å². The van der Waals surface area contributed by atoms with Crippen LogP contribution >= 0.6 is 0 Å². The maximum Gasteiger partial charge on any atom is 0.242 e. The molecule has 0 aliphatic carbocycles. The molecule has 2 atom stereocenters. The van der Waals surface area contributed by atoms with Gasteiger partial charge in [-0.25, -0.2) is 0 Å². The molecular weight excluding hydrogens is 366 g/mol. The van der Waals surface area contributed by atoms with E-state index in [1.54, 1.807) is 0 Å². The van der Waals surface area contributed by atoms with E-state index in [-0.39, 0.29) is 17.7 Å². The van der Waals surface area contributed by atoms with Crippen LogP contribution in [0.25, 0.3) is 10.9 Å². The number of rotatable bonds is 6. The van der Waals surface area contributed by atoms with Gasteiger partial charge < -0.3 is 20.4 Å². The molecule has 0 bridgehead atoms. The third-order valence-corrected chi connectivity index (χ3v) is 5.31.